The van der Waals surface area contributed by atoms with Crippen molar-refractivity contribution in [3.63, 3.8) is 0 Å². The highest BCUT2D eigenvalue weighted by Gasteiger charge is 2.50. The Hall–Kier alpha value is -0.440. The van der Waals surface area contributed by atoms with Gasteiger partial charge in [-0.25, -0.2) is 0 Å². The average Bonchev–Trinajstić information content (AvgIpc) is 2.55. The summed E-state index contributed by atoms with van der Waals surface area (Å²) in [6.07, 6.45) is -15.6. The van der Waals surface area contributed by atoms with Gasteiger partial charge in [0.05, 0.1) is 13.2 Å². The molecule has 0 aliphatic carbocycles. The number of hydrogen-bond donors (Lipinski definition) is 8. The van der Waals surface area contributed by atoms with E-state index in [1.807, 2.05) is 0 Å². The first-order valence-electron chi connectivity index (χ1n) is 7.08. The van der Waals surface area contributed by atoms with E-state index >= 15 is 0 Å². The third-order valence-electron chi connectivity index (χ3n) is 3.98. The Kier molecular flexibility index (Phi) is 6.27. The maximum Gasteiger partial charge on any atom is 0.187 e. The average molecular weight is 343 g/mol. The molecule has 2 fully saturated rings. The zero-order valence-corrected chi connectivity index (χ0v) is 12.0. The molecule has 23 heavy (non-hydrogen) atoms. The number of ether oxygens (including phenoxy) is 3. The normalized spacial score (nSPS) is 51.7. The van der Waals surface area contributed by atoms with Crippen LogP contribution in [0.3, 0.4) is 0 Å². The van der Waals surface area contributed by atoms with Gasteiger partial charge in [0, 0.05) is 0 Å². The molecule has 0 unspecified atom stereocenters. The molecule has 11 nitrogen and oxygen atoms in total. The second kappa shape index (κ2) is 7.63. The van der Waals surface area contributed by atoms with Crippen molar-refractivity contribution in [3.05, 3.63) is 0 Å². The molecule has 0 aromatic rings. The molecule has 0 spiro atoms. The summed E-state index contributed by atoms with van der Waals surface area (Å²) in [5.41, 5.74) is 0. The summed E-state index contributed by atoms with van der Waals surface area (Å²) in [4.78, 5) is 0. The van der Waals surface area contributed by atoms with E-state index in [2.05, 4.69) is 0 Å². The molecule has 0 aromatic carbocycles. The molecule has 0 saturated carbocycles. The molecule has 136 valence electrons. The van der Waals surface area contributed by atoms with Crippen LogP contribution in [0.25, 0.3) is 0 Å². The lowest BCUT2D eigenvalue weighted by molar-refractivity contribution is -0.355. The van der Waals surface area contributed by atoms with E-state index in [-0.39, 0.29) is 0 Å². The van der Waals surface area contributed by atoms with E-state index in [9.17, 15) is 35.7 Å². The van der Waals surface area contributed by atoms with E-state index in [0.29, 0.717) is 0 Å². The number of aliphatic hydroxyl groups excluding tert-OH is 8. The third-order valence-corrected chi connectivity index (χ3v) is 3.98. The van der Waals surface area contributed by atoms with Crippen molar-refractivity contribution in [2.75, 3.05) is 13.2 Å². The van der Waals surface area contributed by atoms with Crippen molar-refractivity contribution >= 4 is 0 Å². The van der Waals surface area contributed by atoms with Gasteiger partial charge in [-0.1, -0.05) is 0 Å². The van der Waals surface area contributed by atoms with Crippen LogP contribution in [0, 0.1) is 0 Å². The van der Waals surface area contributed by atoms with Gasteiger partial charge in [0.25, 0.3) is 0 Å². The topological polar surface area (TPSA) is 190 Å². The van der Waals surface area contributed by atoms with E-state index < -0.39 is 74.6 Å². The van der Waals surface area contributed by atoms with Crippen molar-refractivity contribution in [1.29, 1.82) is 0 Å². The number of aliphatic hydroxyl groups is 8. The van der Waals surface area contributed by atoms with E-state index in [1.54, 1.807) is 0 Å². The maximum atomic E-state index is 9.94. The van der Waals surface area contributed by atoms with Crippen molar-refractivity contribution in [3.8, 4) is 0 Å². The van der Waals surface area contributed by atoms with Crippen molar-refractivity contribution < 1.29 is 55.1 Å². The molecule has 2 saturated heterocycles. The Morgan fingerprint density at radius 1 is 0.652 bits per heavy atom. The predicted molar refractivity (Wildman–Crippen MR) is 68.6 cm³/mol. The van der Waals surface area contributed by atoms with Gasteiger partial charge >= 0.3 is 0 Å². The lowest BCUT2D eigenvalue weighted by atomic mass is 9.98. The van der Waals surface area contributed by atoms with Crippen LogP contribution in [0.5, 0.6) is 0 Å². The van der Waals surface area contributed by atoms with Gasteiger partial charge in [0.15, 0.2) is 12.6 Å². The fourth-order valence-corrected chi connectivity index (χ4v) is 2.57. The van der Waals surface area contributed by atoms with Crippen LogP contribution >= 0.6 is 0 Å². The minimum atomic E-state index is -1.74. The summed E-state index contributed by atoms with van der Waals surface area (Å²) in [5.74, 6) is 0. The SMILES string of the molecule is OC[C@H]1O[C@@H](O[C@H]2[C@H](O)[C@@H](O)[C@@H](O)O[C@@H]2[13CH2]O)[C@H](O)[C@@H](O)[C@H]1O. The van der Waals surface area contributed by atoms with Crippen molar-refractivity contribution in [1.82, 2.24) is 0 Å². The quantitative estimate of drug-likeness (QED) is 0.227. The van der Waals surface area contributed by atoms with E-state index in [4.69, 9.17) is 19.3 Å². The summed E-state index contributed by atoms with van der Waals surface area (Å²) >= 11 is 0. The van der Waals surface area contributed by atoms with E-state index in [1.165, 1.54) is 0 Å². The number of hydrogen-bond acceptors (Lipinski definition) is 11. The highest BCUT2D eigenvalue weighted by molar-refractivity contribution is 4.93. The molecular formula is C12H22O11. The Morgan fingerprint density at radius 2 is 1.26 bits per heavy atom. The molecule has 0 aromatic heterocycles. The Morgan fingerprint density at radius 3 is 1.83 bits per heavy atom. The minimum absolute atomic E-state index is 0.667. The van der Waals surface area contributed by atoms with Crippen LogP contribution in [0.2, 0.25) is 0 Å². The Labute approximate surface area is 130 Å². The Bertz CT molecular complexity index is 378. The first-order chi connectivity index (χ1) is 10.8. The van der Waals surface area contributed by atoms with Crippen LogP contribution < -0.4 is 0 Å². The summed E-state index contributed by atoms with van der Waals surface area (Å²) in [5, 5.41) is 76.5. The Balaban J connectivity index is 2.11. The van der Waals surface area contributed by atoms with Crippen LogP contribution in [0.4, 0.5) is 0 Å². The molecule has 2 heterocycles. The third kappa shape index (κ3) is 3.65. The summed E-state index contributed by atoms with van der Waals surface area (Å²) in [6, 6.07) is 0. The van der Waals surface area contributed by atoms with E-state index in [0.717, 1.165) is 0 Å². The van der Waals surface area contributed by atoms with Gasteiger partial charge in [-0.2, -0.15) is 0 Å². The first kappa shape index (κ1) is 18.9. The lowest BCUT2D eigenvalue weighted by Crippen LogP contribution is -2.64. The van der Waals surface area contributed by atoms with Gasteiger partial charge in [-0.05, 0) is 0 Å². The largest absolute Gasteiger partial charge is 0.394 e. The smallest absolute Gasteiger partial charge is 0.187 e. The second-order valence-corrected chi connectivity index (χ2v) is 5.53. The highest BCUT2D eigenvalue weighted by Crippen LogP contribution is 2.28. The predicted octanol–water partition coefficient (Wildman–Crippen LogP) is -5.40. The summed E-state index contributed by atoms with van der Waals surface area (Å²) in [6.45, 7) is -1.35. The molecule has 2 rings (SSSR count). The second-order valence-electron chi connectivity index (χ2n) is 5.53. The van der Waals surface area contributed by atoms with Gasteiger partial charge in [-0.15, -0.1) is 0 Å². The van der Waals surface area contributed by atoms with Gasteiger partial charge in [0.1, 0.15) is 48.8 Å². The fourth-order valence-electron chi connectivity index (χ4n) is 2.57. The van der Waals surface area contributed by atoms with Crippen LogP contribution in [-0.2, 0) is 14.2 Å². The van der Waals surface area contributed by atoms with Crippen LogP contribution in [0.1, 0.15) is 0 Å². The highest BCUT2D eigenvalue weighted by atomic mass is 16.7. The van der Waals surface area contributed by atoms with Crippen molar-refractivity contribution in [2.45, 2.75) is 61.4 Å². The minimum Gasteiger partial charge on any atom is -0.394 e. The van der Waals surface area contributed by atoms with Gasteiger partial charge < -0.3 is 55.1 Å². The molecule has 2 aliphatic heterocycles. The monoisotopic (exact) mass is 343 g/mol. The van der Waals surface area contributed by atoms with Crippen LogP contribution in [0.15, 0.2) is 0 Å². The molecule has 0 bridgehead atoms. The van der Waals surface area contributed by atoms with Crippen molar-refractivity contribution in [2.24, 2.45) is 0 Å². The molecule has 8 N–H and O–H groups in total. The first-order valence-corrected chi connectivity index (χ1v) is 7.08. The maximum absolute atomic E-state index is 9.94. The molecule has 11 heteroatoms. The summed E-state index contributed by atoms with van der Waals surface area (Å²) in [7, 11) is 0. The van der Waals surface area contributed by atoms with Crippen LogP contribution in [-0.4, -0.2) is 115 Å². The zero-order chi connectivity index (χ0) is 17.3. The molecular weight excluding hydrogens is 321 g/mol. The standard InChI is InChI=1S/C12H22O11/c13-1-3-5(15)6(16)9(19)12(22-3)23-10-4(2-14)21-11(20)8(18)7(10)17/h3-20H,1-2H2/t3-,4-,5+,6+,7-,8-,9-,10-,11+,12+/m1/s1/i2+1. The van der Waals surface area contributed by atoms with Gasteiger partial charge in [-0.3, -0.25) is 0 Å². The fraction of sp³-hybridized carbons (Fsp3) is 1.00. The molecule has 0 radical (unpaired) electrons. The molecule has 2 aliphatic rings. The number of rotatable bonds is 4. The van der Waals surface area contributed by atoms with Gasteiger partial charge in [0.2, 0.25) is 0 Å². The summed E-state index contributed by atoms with van der Waals surface area (Å²) < 4.78 is 15.3. The molecule has 0 amide bonds. The lowest BCUT2D eigenvalue weighted by Gasteiger charge is -2.45. The zero-order valence-electron chi connectivity index (χ0n) is 12.0. The molecule has 10 atom stereocenters.